The number of benzene rings is 2. The summed E-state index contributed by atoms with van der Waals surface area (Å²) in [5, 5.41) is 0.735. The summed E-state index contributed by atoms with van der Waals surface area (Å²) in [5.74, 6) is 0.0718. The van der Waals surface area contributed by atoms with Crippen LogP contribution in [0.25, 0.3) is 0 Å². The van der Waals surface area contributed by atoms with Gasteiger partial charge in [0.25, 0.3) is 5.91 Å². The van der Waals surface area contributed by atoms with Crippen molar-refractivity contribution in [3.8, 4) is 11.5 Å². The van der Waals surface area contributed by atoms with Crippen LogP contribution in [0.15, 0.2) is 48.5 Å². The Kier molecular flexibility index (Phi) is 6.08. The number of hydrogen-bond donors (Lipinski definition) is 2. The van der Waals surface area contributed by atoms with Crippen molar-refractivity contribution >= 4 is 35.2 Å². The molecule has 120 valence electrons. The van der Waals surface area contributed by atoms with E-state index in [0.717, 1.165) is 0 Å². The Morgan fingerprint density at radius 2 is 1.74 bits per heavy atom. The molecular formula is C15H12Cl2N2O4. The Bertz CT molecular complexity index is 695. The second-order valence-electron chi connectivity index (χ2n) is 4.24. The van der Waals surface area contributed by atoms with Gasteiger partial charge in [-0.05, 0) is 30.3 Å². The zero-order valence-electron chi connectivity index (χ0n) is 11.7. The fourth-order valence-electron chi connectivity index (χ4n) is 1.51. The quantitative estimate of drug-likeness (QED) is 0.826. The molecule has 0 aliphatic carbocycles. The number of carbonyl (C=O) groups excluding carboxylic acids is 2. The number of rotatable bonds is 4. The van der Waals surface area contributed by atoms with E-state index in [1.165, 1.54) is 12.1 Å². The summed E-state index contributed by atoms with van der Waals surface area (Å²) < 4.78 is 10.1. The van der Waals surface area contributed by atoms with Crippen molar-refractivity contribution in [1.82, 2.24) is 10.9 Å². The van der Waals surface area contributed by atoms with Crippen molar-refractivity contribution in [3.05, 3.63) is 58.6 Å². The minimum absolute atomic E-state index is 0.279. The highest BCUT2D eigenvalue weighted by molar-refractivity contribution is 6.35. The minimum atomic E-state index is -0.825. The summed E-state index contributed by atoms with van der Waals surface area (Å²) in [6.07, 6.45) is -0.825. The van der Waals surface area contributed by atoms with Crippen LogP contribution in [0, 0.1) is 0 Å². The molecule has 0 atom stereocenters. The molecule has 0 bridgehead atoms. The van der Waals surface area contributed by atoms with E-state index in [9.17, 15) is 9.59 Å². The van der Waals surface area contributed by atoms with Crippen LogP contribution in [0.5, 0.6) is 11.5 Å². The van der Waals surface area contributed by atoms with Gasteiger partial charge in [-0.25, -0.2) is 10.2 Å². The summed E-state index contributed by atoms with van der Waals surface area (Å²) in [5.41, 5.74) is 4.24. The first-order valence-electron chi connectivity index (χ1n) is 6.44. The number of carbonyl (C=O) groups is 2. The molecule has 0 fully saturated rings. The lowest BCUT2D eigenvalue weighted by Gasteiger charge is -2.10. The predicted molar refractivity (Wildman–Crippen MR) is 85.7 cm³/mol. The molecule has 0 saturated carbocycles. The molecule has 2 aromatic carbocycles. The first kappa shape index (κ1) is 16.9. The number of halogens is 2. The van der Waals surface area contributed by atoms with Gasteiger partial charge >= 0.3 is 6.09 Å². The zero-order valence-corrected chi connectivity index (χ0v) is 13.2. The van der Waals surface area contributed by atoms with Gasteiger partial charge < -0.3 is 9.47 Å². The molecule has 23 heavy (non-hydrogen) atoms. The summed E-state index contributed by atoms with van der Waals surface area (Å²) >= 11 is 11.6. The summed E-state index contributed by atoms with van der Waals surface area (Å²) in [6, 6.07) is 13.0. The van der Waals surface area contributed by atoms with Gasteiger partial charge in [0.1, 0.15) is 11.5 Å². The lowest BCUT2D eigenvalue weighted by atomic mass is 10.3. The van der Waals surface area contributed by atoms with E-state index in [0.29, 0.717) is 16.5 Å². The van der Waals surface area contributed by atoms with Gasteiger partial charge in [0.2, 0.25) is 0 Å². The predicted octanol–water partition coefficient (Wildman–Crippen LogP) is 3.19. The molecule has 0 aliphatic heterocycles. The van der Waals surface area contributed by atoms with Crippen molar-refractivity contribution in [3.63, 3.8) is 0 Å². The molecule has 2 N–H and O–H groups in total. The van der Waals surface area contributed by atoms with Crippen molar-refractivity contribution < 1.29 is 19.1 Å². The summed E-state index contributed by atoms with van der Waals surface area (Å²) in [4.78, 5) is 23.0. The van der Waals surface area contributed by atoms with Crippen LogP contribution in [-0.2, 0) is 4.79 Å². The lowest BCUT2D eigenvalue weighted by molar-refractivity contribution is -0.123. The molecule has 2 aromatic rings. The topological polar surface area (TPSA) is 76.7 Å². The highest BCUT2D eigenvalue weighted by atomic mass is 35.5. The molecule has 0 heterocycles. The van der Waals surface area contributed by atoms with Crippen LogP contribution >= 0.6 is 23.2 Å². The SMILES string of the molecule is O=C(COc1ccc(Cl)cc1Cl)NNC(=O)Oc1ccccc1. The lowest BCUT2D eigenvalue weighted by Crippen LogP contribution is -2.45. The standard InChI is InChI=1S/C15H12Cl2N2O4/c16-10-6-7-13(12(17)8-10)22-9-14(20)18-19-15(21)23-11-4-2-1-3-5-11/h1-8H,9H2,(H,18,20)(H,19,21). The summed E-state index contributed by atoms with van der Waals surface area (Å²) in [7, 11) is 0. The van der Waals surface area contributed by atoms with Crippen LogP contribution < -0.4 is 20.3 Å². The minimum Gasteiger partial charge on any atom is -0.482 e. The molecule has 0 radical (unpaired) electrons. The molecular weight excluding hydrogens is 343 g/mol. The van der Waals surface area contributed by atoms with Gasteiger partial charge in [-0.15, -0.1) is 0 Å². The molecule has 0 aliphatic rings. The fraction of sp³-hybridized carbons (Fsp3) is 0.0667. The molecule has 2 rings (SSSR count). The van der Waals surface area contributed by atoms with E-state index in [4.69, 9.17) is 32.7 Å². The Morgan fingerprint density at radius 1 is 1.00 bits per heavy atom. The average Bonchev–Trinajstić information content (AvgIpc) is 2.53. The molecule has 8 heteroatoms. The maximum Gasteiger partial charge on any atom is 0.431 e. The second kappa shape index (κ2) is 8.26. The number of ether oxygens (including phenoxy) is 2. The third-order valence-corrected chi connectivity index (χ3v) is 3.04. The first-order chi connectivity index (χ1) is 11.0. The van der Waals surface area contributed by atoms with Crippen molar-refractivity contribution in [1.29, 1.82) is 0 Å². The normalized spacial score (nSPS) is 9.83. The average molecular weight is 355 g/mol. The molecule has 2 amide bonds. The van der Waals surface area contributed by atoms with Crippen molar-refractivity contribution in [2.75, 3.05) is 6.61 Å². The number of amides is 2. The van der Waals surface area contributed by atoms with E-state index < -0.39 is 12.0 Å². The Hall–Kier alpha value is -2.44. The Balaban J connectivity index is 1.73. The van der Waals surface area contributed by atoms with Crippen LogP contribution in [0.1, 0.15) is 0 Å². The highest BCUT2D eigenvalue weighted by Crippen LogP contribution is 2.27. The van der Waals surface area contributed by atoms with E-state index in [2.05, 4.69) is 10.9 Å². The molecule has 0 spiro atoms. The van der Waals surface area contributed by atoms with Crippen LogP contribution in [0.3, 0.4) is 0 Å². The third kappa shape index (κ3) is 5.69. The number of nitrogens with one attached hydrogen (secondary N) is 2. The van der Waals surface area contributed by atoms with Crippen LogP contribution in [0.4, 0.5) is 4.79 Å². The maximum absolute atomic E-state index is 11.6. The van der Waals surface area contributed by atoms with E-state index >= 15 is 0 Å². The maximum atomic E-state index is 11.6. The largest absolute Gasteiger partial charge is 0.482 e. The number of hydrogen-bond acceptors (Lipinski definition) is 4. The fourth-order valence-corrected chi connectivity index (χ4v) is 1.98. The van der Waals surface area contributed by atoms with Crippen LogP contribution in [-0.4, -0.2) is 18.6 Å². The Morgan fingerprint density at radius 3 is 2.43 bits per heavy atom. The van der Waals surface area contributed by atoms with Crippen LogP contribution in [0.2, 0.25) is 10.0 Å². The summed E-state index contributed by atoms with van der Waals surface area (Å²) in [6.45, 7) is -0.340. The second-order valence-corrected chi connectivity index (χ2v) is 5.08. The van der Waals surface area contributed by atoms with E-state index in [1.807, 2.05) is 0 Å². The van der Waals surface area contributed by atoms with Crippen molar-refractivity contribution in [2.24, 2.45) is 0 Å². The number of hydrazine groups is 1. The molecule has 0 saturated heterocycles. The number of para-hydroxylation sites is 1. The van der Waals surface area contributed by atoms with Gasteiger partial charge in [0.15, 0.2) is 6.61 Å². The van der Waals surface area contributed by atoms with Gasteiger partial charge in [0.05, 0.1) is 5.02 Å². The van der Waals surface area contributed by atoms with Gasteiger partial charge in [-0.2, -0.15) is 0 Å². The van der Waals surface area contributed by atoms with E-state index in [-0.39, 0.29) is 11.6 Å². The van der Waals surface area contributed by atoms with Gasteiger partial charge in [0, 0.05) is 5.02 Å². The Labute approximate surface area is 142 Å². The third-order valence-electron chi connectivity index (χ3n) is 2.51. The van der Waals surface area contributed by atoms with Gasteiger partial charge in [-0.1, -0.05) is 41.4 Å². The highest BCUT2D eigenvalue weighted by Gasteiger charge is 2.09. The van der Waals surface area contributed by atoms with Crippen molar-refractivity contribution in [2.45, 2.75) is 0 Å². The van der Waals surface area contributed by atoms with Gasteiger partial charge in [-0.3, -0.25) is 10.2 Å². The monoisotopic (exact) mass is 354 g/mol. The molecule has 6 nitrogen and oxygen atoms in total. The zero-order chi connectivity index (χ0) is 16.7. The smallest absolute Gasteiger partial charge is 0.431 e. The van der Waals surface area contributed by atoms with E-state index in [1.54, 1.807) is 36.4 Å². The molecule has 0 unspecified atom stereocenters. The molecule has 0 aromatic heterocycles. The first-order valence-corrected chi connectivity index (χ1v) is 7.20.